The summed E-state index contributed by atoms with van der Waals surface area (Å²) in [7, 11) is 0. The largest absolute Gasteiger partial charge is 0.391 e. The number of nitrogen functional groups attached to an aromatic ring is 2. The topological polar surface area (TPSA) is 136 Å². The molecular formula is C8H16N6O. The molecular weight excluding hydrogens is 196 g/mol. The molecule has 0 saturated carbocycles. The highest BCUT2D eigenvalue weighted by atomic mass is 16.1. The van der Waals surface area contributed by atoms with E-state index in [1.54, 1.807) is 0 Å². The van der Waals surface area contributed by atoms with Gasteiger partial charge in [-0.1, -0.05) is 0 Å². The average Bonchev–Trinajstić information content (AvgIpc) is 2.07. The van der Waals surface area contributed by atoms with E-state index in [2.05, 4.69) is 15.3 Å². The van der Waals surface area contributed by atoms with E-state index in [0.717, 1.165) is 0 Å². The number of nitrogens with two attached hydrogens (primary N) is 3. The van der Waals surface area contributed by atoms with Crippen LogP contribution in [0.4, 0.5) is 17.5 Å². The predicted octanol–water partition coefficient (Wildman–Crippen LogP) is -0.916. The van der Waals surface area contributed by atoms with E-state index in [9.17, 15) is 4.79 Å². The van der Waals surface area contributed by atoms with Gasteiger partial charge in [-0.05, 0) is 13.8 Å². The fourth-order valence-corrected chi connectivity index (χ4v) is 0.946. The molecule has 0 aliphatic heterocycles. The number of H-pyrrole nitrogens is 1. The number of aromatic nitrogens is 2. The highest BCUT2D eigenvalue weighted by Gasteiger charge is 2.13. The maximum atomic E-state index is 11.2. The zero-order chi connectivity index (χ0) is 11.6. The third-order valence-electron chi connectivity index (χ3n) is 1.69. The maximum absolute atomic E-state index is 11.2. The number of nitrogens with one attached hydrogen (secondary N) is 2. The number of nitrogens with zero attached hydrogens (tertiary/aromatic N) is 1. The van der Waals surface area contributed by atoms with Crippen LogP contribution in [0, 0.1) is 0 Å². The Bertz CT molecular complexity index is 405. The lowest BCUT2D eigenvalue weighted by Gasteiger charge is -2.19. The normalized spacial score (nSPS) is 11.4. The monoisotopic (exact) mass is 212 g/mol. The minimum Gasteiger partial charge on any atom is -0.391 e. The van der Waals surface area contributed by atoms with E-state index < -0.39 is 11.1 Å². The summed E-state index contributed by atoms with van der Waals surface area (Å²) in [6, 6.07) is 0. The Morgan fingerprint density at radius 1 is 1.47 bits per heavy atom. The van der Waals surface area contributed by atoms with Gasteiger partial charge in [-0.15, -0.1) is 0 Å². The molecule has 7 nitrogen and oxygen atoms in total. The van der Waals surface area contributed by atoms with Crippen LogP contribution in [-0.4, -0.2) is 22.1 Å². The molecule has 8 N–H and O–H groups in total. The van der Waals surface area contributed by atoms with Gasteiger partial charge in [0.25, 0.3) is 5.56 Å². The Balaban J connectivity index is 2.91. The van der Waals surface area contributed by atoms with Crippen LogP contribution in [0.3, 0.4) is 0 Å². The number of rotatable bonds is 3. The van der Waals surface area contributed by atoms with Crippen LogP contribution in [0.1, 0.15) is 13.8 Å². The first-order valence-corrected chi connectivity index (χ1v) is 4.47. The molecule has 0 saturated heterocycles. The zero-order valence-corrected chi connectivity index (χ0v) is 8.79. The second-order valence-electron chi connectivity index (χ2n) is 4.06. The molecule has 1 aromatic rings. The first-order valence-electron chi connectivity index (χ1n) is 4.47. The molecule has 15 heavy (non-hydrogen) atoms. The highest BCUT2D eigenvalue weighted by Crippen LogP contribution is 2.11. The van der Waals surface area contributed by atoms with Gasteiger partial charge in [0.2, 0.25) is 5.95 Å². The van der Waals surface area contributed by atoms with Crippen molar-refractivity contribution in [3.63, 3.8) is 0 Å². The first-order chi connectivity index (χ1) is 6.79. The Morgan fingerprint density at radius 2 is 2.07 bits per heavy atom. The summed E-state index contributed by atoms with van der Waals surface area (Å²) in [4.78, 5) is 17.4. The van der Waals surface area contributed by atoms with Crippen LogP contribution in [0.15, 0.2) is 4.79 Å². The maximum Gasteiger partial charge on any atom is 0.277 e. The van der Waals surface area contributed by atoms with E-state index in [-0.39, 0.29) is 17.5 Å². The fraction of sp³-hybridized carbons (Fsp3) is 0.500. The SMILES string of the molecule is CC(C)(N)CNc1nc(N)[nH]c(=O)c1N. The highest BCUT2D eigenvalue weighted by molar-refractivity contribution is 5.61. The lowest BCUT2D eigenvalue weighted by atomic mass is 10.1. The van der Waals surface area contributed by atoms with Crippen molar-refractivity contribution in [3.8, 4) is 0 Å². The van der Waals surface area contributed by atoms with Crippen molar-refractivity contribution in [2.24, 2.45) is 5.73 Å². The Labute approximate surface area is 87.1 Å². The van der Waals surface area contributed by atoms with E-state index in [1.807, 2.05) is 13.8 Å². The van der Waals surface area contributed by atoms with Crippen LogP contribution in [0.25, 0.3) is 0 Å². The second kappa shape index (κ2) is 3.77. The van der Waals surface area contributed by atoms with Crippen LogP contribution in [0.2, 0.25) is 0 Å². The fourth-order valence-electron chi connectivity index (χ4n) is 0.946. The van der Waals surface area contributed by atoms with Gasteiger partial charge in [-0.2, -0.15) is 4.98 Å². The van der Waals surface area contributed by atoms with Crippen molar-refractivity contribution in [1.82, 2.24) is 9.97 Å². The van der Waals surface area contributed by atoms with E-state index in [4.69, 9.17) is 17.2 Å². The molecule has 0 amide bonds. The number of hydrogen-bond acceptors (Lipinski definition) is 6. The van der Waals surface area contributed by atoms with Crippen molar-refractivity contribution in [2.45, 2.75) is 19.4 Å². The third kappa shape index (κ3) is 3.13. The van der Waals surface area contributed by atoms with Gasteiger partial charge in [0.05, 0.1) is 0 Å². The van der Waals surface area contributed by atoms with Crippen molar-refractivity contribution in [3.05, 3.63) is 10.4 Å². The van der Waals surface area contributed by atoms with Crippen LogP contribution >= 0.6 is 0 Å². The predicted molar refractivity (Wildman–Crippen MR) is 60.4 cm³/mol. The summed E-state index contributed by atoms with van der Waals surface area (Å²) in [5.41, 5.74) is 15.8. The zero-order valence-electron chi connectivity index (χ0n) is 8.79. The first kappa shape index (κ1) is 11.3. The van der Waals surface area contributed by atoms with E-state index in [0.29, 0.717) is 6.54 Å². The summed E-state index contributed by atoms with van der Waals surface area (Å²) in [6.45, 7) is 4.12. The molecule has 0 aromatic carbocycles. The molecule has 84 valence electrons. The second-order valence-corrected chi connectivity index (χ2v) is 4.06. The molecule has 0 radical (unpaired) electrons. The number of aromatic amines is 1. The van der Waals surface area contributed by atoms with Gasteiger partial charge >= 0.3 is 0 Å². The summed E-state index contributed by atoms with van der Waals surface area (Å²) in [5, 5.41) is 2.87. The van der Waals surface area contributed by atoms with Gasteiger partial charge in [-0.3, -0.25) is 9.78 Å². The molecule has 1 heterocycles. The molecule has 0 aliphatic carbocycles. The molecule has 0 bridgehead atoms. The van der Waals surface area contributed by atoms with Gasteiger partial charge in [0.15, 0.2) is 5.82 Å². The quantitative estimate of drug-likeness (QED) is 0.439. The summed E-state index contributed by atoms with van der Waals surface area (Å²) < 4.78 is 0. The smallest absolute Gasteiger partial charge is 0.277 e. The number of anilines is 3. The van der Waals surface area contributed by atoms with Crippen molar-refractivity contribution >= 4 is 17.5 Å². The summed E-state index contributed by atoms with van der Waals surface area (Å²) >= 11 is 0. The van der Waals surface area contributed by atoms with Gasteiger partial charge in [0.1, 0.15) is 5.69 Å². The molecule has 0 unspecified atom stereocenters. The number of hydrogen-bond donors (Lipinski definition) is 5. The molecule has 0 atom stereocenters. The van der Waals surface area contributed by atoms with Crippen LogP contribution in [-0.2, 0) is 0 Å². The average molecular weight is 212 g/mol. The van der Waals surface area contributed by atoms with Crippen LogP contribution < -0.4 is 28.1 Å². The van der Waals surface area contributed by atoms with Crippen molar-refractivity contribution < 1.29 is 0 Å². The van der Waals surface area contributed by atoms with E-state index >= 15 is 0 Å². The Kier molecular flexibility index (Phi) is 2.85. The minimum absolute atomic E-state index is 0.00782. The minimum atomic E-state index is -0.458. The molecule has 1 aromatic heterocycles. The third-order valence-corrected chi connectivity index (χ3v) is 1.69. The molecule has 1 rings (SSSR count). The molecule has 0 fully saturated rings. The standard InChI is InChI=1S/C8H16N6O/c1-8(2,11)3-12-5-4(9)6(15)14-7(10)13-5/h3,9,11H2,1-2H3,(H4,10,12,13,14,15). The molecule has 0 aliphatic rings. The summed E-state index contributed by atoms with van der Waals surface area (Å²) in [6.07, 6.45) is 0. The molecule has 0 spiro atoms. The van der Waals surface area contributed by atoms with Crippen molar-refractivity contribution in [1.29, 1.82) is 0 Å². The van der Waals surface area contributed by atoms with Gasteiger partial charge in [0, 0.05) is 12.1 Å². The lowest BCUT2D eigenvalue weighted by molar-refractivity contribution is 0.548. The van der Waals surface area contributed by atoms with E-state index in [1.165, 1.54) is 0 Å². The summed E-state index contributed by atoms with van der Waals surface area (Å²) in [5.74, 6) is 0.279. The molecule has 7 heteroatoms. The van der Waals surface area contributed by atoms with Gasteiger partial charge in [-0.25, -0.2) is 0 Å². The lowest BCUT2D eigenvalue weighted by Crippen LogP contribution is -2.40. The van der Waals surface area contributed by atoms with Gasteiger partial charge < -0.3 is 22.5 Å². The van der Waals surface area contributed by atoms with Crippen LogP contribution in [0.5, 0.6) is 0 Å². The Hall–Kier alpha value is -1.76. The van der Waals surface area contributed by atoms with Crippen molar-refractivity contribution in [2.75, 3.05) is 23.3 Å². The Morgan fingerprint density at radius 3 is 2.60 bits per heavy atom.